The molecule has 0 radical (unpaired) electrons. The normalized spacial score (nSPS) is 21.1. The molecule has 0 spiro atoms. The van der Waals surface area contributed by atoms with Crippen LogP contribution in [0, 0.1) is 0 Å². The monoisotopic (exact) mass is 225 g/mol. The molecule has 0 heterocycles. The summed E-state index contributed by atoms with van der Waals surface area (Å²) in [5, 5.41) is 18.1. The molecule has 0 saturated carbocycles. The van der Waals surface area contributed by atoms with Gasteiger partial charge in [-0.1, -0.05) is 0 Å². The summed E-state index contributed by atoms with van der Waals surface area (Å²) in [6.07, 6.45) is -2.53. The summed E-state index contributed by atoms with van der Waals surface area (Å²) < 4.78 is 20.9. The lowest BCUT2D eigenvalue weighted by molar-refractivity contribution is 0.0237. The minimum atomic E-state index is -2.29. The van der Waals surface area contributed by atoms with Crippen LogP contribution in [0.3, 0.4) is 0 Å². The highest BCUT2D eigenvalue weighted by Crippen LogP contribution is 2.29. The SMILES string of the molecule is CC(O)C(C)O[P+](=O)OC(C)C(C)O. The van der Waals surface area contributed by atoms with Crippen LogP contribution in [0.15, 0.2) is 0 Å². The Bertz CT molecular complexity index is 165. The molecule has 5 nitrogen and oxygen atoms in total. The van der Waals surface area contributed by atoms with E-state index < -0.39 is 32.7 Å². The number of hydrogen-bond donors (Lipinski definition) is 2. The van der Waals surface area contributed by atoms with Crippen molar-refractivity contribution in [2.75, 3.05) is 0 Å². The van der Waals surface area contributed by atoms with Crippen LogP contribution in [0.5, 0.6) is 0 Å². The zero-order valence-corrected chi connectivity index (χ0v) is 9.77. The van der Waals surface area contributed by atoms with Gasteiger partial charge < -0.3 is 10.2 Å². The molecule has 0 aromatic heterocycles. The van der Waals surface area contributed by atoms with E-state index in [9.17, 15) is 4.57 Å². The lowest BCUT2D eigenvalue weighted by atomic mass is 10.3. The topological polar surface area (TPSA) is 76.0 Å². The first-order chi connectivity index (χ1) is 6.34. The molecular formula is C8H18O5P+. The molecule has 0 aliphatic carbocycles. The molecule has 0 aromatic rings. The standard InChI is InChI=1S/C8H18O5P/c1-5(9)7(3)12-14(11)13-8(4)6(2)10/h5-10H,1-4H3/q+1. The Labute approximate surface area is 85.0 Å². The van der Waals surface area contributed by atoms with Crippen molar-refractivity contribution in [1.82, 2.24) is 0 Å². The Kier molecular flexibility index (Phi) is 6.40. The van der Waals surface area contributed by atoms with Crippen molar-refractivity contribution in [3.63, 3.8) is 0 Å². The molecule has 0 amide bonds. The molecule has 0 rings (SSSR count). The van der Waals surface area contributed by atoms with Gasteiger partial charge in [-0.3, -0.25) is 0 Å². The summed E-state index contributed by atoms with van der Waals surface area (Å²) >= 11 is 0. The molecule has 0 fully saturated rings. The van der Waals surface area contributed by atoms with E-state index in [4.69, 9.17) is 19.3 Å². The van der Waals surface area contributed by atoms with Gasteiger partial charge in [0.05, 0.1) is 12.2 Å². The Hall–Kier alpha value is -0.0600. The second-order valence-electron chi connectivity index (χ2n) is 3.33. The van der Waals surface area contributed by atoms with Crippen LogP contribution >= 0.6 is 8.25 Å². The van der Waals surface area contributed by atoms with E-state index >= 15 is 0 Å². The van der Waals surface area contributed by atoms with Gasteiger partial charge in [-0.05, 0) is 27.7 Å². The summed E-state index contributed by atoms with van der Waals surface area (Å²) in [5.74, 6) is 0. The third-order valence-electron chi connectivity index (χ3n) is 1.86. The predicted molar refractivity (Wildman–Crippen MR) is 52.1 cm³/mol. The van der Waals surface area contributed by atoms with Crippen molar-refractivity contribution in [1.29, 1.82) is 0 Å². The summed E-state index contributed by atoms with van der Waals surface area (Å²) in [6, 6.07) is 0. The molecule has 2 N–H and O–H groups in total. The van der Waals surface area contributed by atoms with Crippen molar-refractivity contribution in [3.8, 4) is 0 Å². The molecular weight excluding hydrogens is 207 g/mol. The van der Waals surface area contributed by atoms with E-state index in [1.807, 2.05) is 0 Å². The second-order valence-corrected chi connectivity index (χ2v) is 4.19. The van der Waals surface area contributed by atoms with Crippen LogP contribution in [0.1, 0.15) is 27.7 Å². The number of hydrogen-bond acceptors (Lipinski definition) is 5. The van der Waals surface area contributed by atoms with Gasteiger partial charge >= 0.3 is 8.25 Å². The summed E-state index contributed by atoms with van der Waals surface area (Å²) in [4.78, 5) is 0. The number of aliphatic hydroxyl groups excluding tert-OH is 2. The van der Waals surface area contributed by atoms with Crippen LogP contribution in [0.2, 0.25) is 0 Å². The smallest absolute Gasteiger partial charge is 0.391 e. The Morgan fingerprint density at radius 2 is 1.21 bits per heavy atom. The Balaban J connectivity index is 3.87. The third-order valence-corrected chi connectivity index (χ3v) is 2.87. The van der Waals surface area contributed by atoms with Gasteiger partial charge in [0.1, 0.15) is 12.2 Å². The highest BCUT2D eigenvalue weighted by Gasteiger charge is 2.31. The molecule has 0 saturated heterocycles. The fourth-order valence-electron chi connectivity index (χ4n) is 0.473. The van der Waals surface area contributed by atoms with Gasteiger partial charge in [-0.15, -0.1) is 9.05 Å². The minimum absolute atomic E-state index is 0.556. The van der Waals surface area contributed by atoms with E-state index in [2.05, 4.69) is 0 Å². The minimum Gasteiger partial charge on any atom is -0.391 e. The van der Waals surface area contributed by atoms with Gasteiger partial charge in [0.25, 0.3) is 0 Å². The molecule has 0 aliphatic rings. The summed E-state index contributed by atoms with van der Waals surface area (Å²) in [6.45, 7) is 6.25. The molecule has 0 aliphatic heterocycles. The van der Waals surface area contributed by atoms with Gasteiger partial charge in [0.2, 0.25) is 0 Å². The van der Waals surface area contributed by atoms with Crippen LogP contribution in [0.25, 0.3) is 0 Å². The number of rotatable bonds is 6. The van der Waals surface area contributed by atoms with Crippen LogP contribution in [-0.4, -0.2) is 34.6 Å². The predicted octanol–water partition coefficient (Wildman–Crippen LogP) is 1.22. The van der Waals surface area contributed by atoms with E-state index in [-0.39, 0.29) is 0 Å². The van der Waals surface area contributed by atoms with Gasteiger partial charge in [0, 0.05) is 4.57 Å². The molecule has 6 heteroatoms. The lowest BCUT2D eigenvalue weighted by Gasteiger charge is -2.09. The maximum atomic E-state index is 11.2. The largest absolute Gasteiger partial charge is 0.698 e. The van der Waals surface area contributed by atoms with Crippen molar-refractivity contribution in [3.05, 3.63) is 0 Å². The van der Waals surface area contributed by atoms with Crippen molar-refractivity contribution in [2.24, 2.45) is 0 Å². The van der Waals surface area contributed by atoms with Gasteiger partial charge in [-0.25, -0.2) is 0 Å². The maximum Gasteiger partial charge on any atom is 0.698 e. The van der Waals surface area contributed by atoms with E-state index in [1.54, 1.807) is 13.8 Å². The quantitative estimate of drug-likeness (QED) is 0.664. The molecule has 4 atom stereocenters. The first-order valence-corrected chi connectivity index (χ1v) is 5.61. The summed E-state index contributed by atoms with van der Waals surface area (Å²) in [5.41, 5.74) is 0. The zero-order valence-electron chi connectivity index (χ0n) is 8.88. The maximum absolute atomic E-state index is 11.2. The van der Waals surface area contributed by atoms with Gasteiger partial charge in [0.15, 0.2) is 0 Å². The molecule has 0 bridgehead atoms. The first kappa shape index (κ1) is 13.9. The van der Waals surface area contributed by atoms with E-state index in [0.717, 1.165) is 0 Å². The first-order valence-electron chi connectivity index (χ1n) is 4.51. The average Bonchev–Trinajstić information content (AvgIpc) is 2.03. The Morgan fingerprint density at radius 1 is 0.929 bits per heavy atom. The van der Waals surface area contributed by atoms with Crippen molar-refractivity contribution in [2.45, 2.75) is 52.1 Å². The third kappa shape index (κ3) is 5.62. The summed E-state index contributed by atoms with van der Waals surface area (Å²) in [7, 11) is -2.29. The van der Waals surface area contributed by atoms with Crippen molar-refractivity contribution < 1.29 is 23.8 Å². The fraction of sp³-hybridized carbons (Fsp3) is 1.00. The average molecular weight is 225 g/mol. The van der Waals surface area contributed by atoms with Crippen LogP contribution < -0.4 is 0 Å². The molecule has 4 unspecified atom stereocenters. The fourth-order valence-corrected chi connectivity index (χ4v) is 1.42. The van der Waals surface area contributed by atoms with Crippen molar-refractivity contribution >= 4 is 8.25 Å². The van der Waals surface area contributed by atoms with Gasteiger partial charge in [-0.2, -0.15) is 0 Å². The van der Waals surface area contributed by atoms with Crippen LogP contribution in [-0.2, 0) is 13.6 Å². The van der Waals surface area contributed by atoms with E-state index in [1.165, 1.54) is 13.8 Å². The number of aliphatic hydroxyl groups is 2. The zero-order chi connectivity index (χ0) is 11.3. The highest BCUT2D eigenvalue weighted by atomic mass is 31.1. The lowest BCUT2D eigenvalue weighted by Crippen LogP contribution is -2.23. The van der Waals surface area contributed by atoms with E-state index in [0.29, 0.717) is 0 Å². The molecule has 0 aromatic carbocycles. The highest BCUT2D eigenvalue weighted by molar-refractivity contribution is 7.33. The second kappa shape index (κ2) is 6.43. The van der Waals surface area contributed by atoms with Crippen LogP contribution in [0.4, 0.5) is 0 Å². The molecule has 84 valence electrons. The Morgan fingerprint density at radius 3 is 1.43 bits per heavy atom. The molecule has 14 heavy (non-hydrogen) atoms.